The van der Waals surface area contributed by atoms with Crippen molar-refractivity contribution < 1.29 is 14.3 Å². The molecule has 2 aromatic rings. The molecule has 0 aliphatic rings. The van der Waals surface area contributed by atoms with Crippen molar-refractivity contribution in [2.75, 3.05) is 11.9 Å². The molecule has 4 nitrogen and oxygen atoms in total. The van der Waals surface area contributed by atoms with Crippen molar-refractivity contribution in [3.8, 4) is 5.75 Å². The van der Waals surface area contributed by atoms with Crippen molar-refractivity contribution in [1.82, 2.24) is 0 Å². The van der Waals surface area contributed by atoms with Crippen molar-refractivity contribution in [1.29, 1.82) is 0 Å². The second-order valence-corrected chi connectivity index (χ2v) is 5.29. The van der Waals surface area contributed by atoms with Crippen LogP contribution in [0.4, 0.5) is 5.69 Å². The van der Waals surface area contributed by atoms with Crippen molar-refractivity contribution in [2.24, 2.45) is 0 Å². The highest BCUT2D eigenvalue weighted by Gasteiger charge is 2.06. The number of amides is 1. The molecule has 0 spiro atoms. The average molecular weight is 318 g/mol. The molecule has 114 valence electrons. The number of aryl methyl sites for hydroxylation is 1. The van der Waals surface area contributed by atoms with Crippen LogP contribution in [0.1, 0.15) is 22.8 Å². The summed E-state index contributed by atoms with van der Waals surface area (Å²) >= 11 is 6.00. The van der Waals surface area contributed by atoms with E-state index in [0.29, 0.717) is 22.0 Å². The number of ketones is 1. The topological polar surface area (TPSA) is 55.4 Å². The van der Waals surface area contributed by atoms with Gasteiger partial charge in [-0.25, -0.2) is 0 Å². The number of carbonyl (C=O) groups is 2. The first-order valence-electron chi connectivity index (χ1n) is 6.75. The second-order valence-electron chi connectivity index (χ2n) is 4.88. The quantitative estimate of drug-likeness (QED) is 0.852. The number of hydrogen-bond acceptors (Lipinski definition) is 3. The summed E-state index contributed by atoms with van der Waals surface area (Å²) in [7, 11) is 0. The first-order chi connectivity index (χ1) is 10.5. The lowest BCUT2D eigenvalue weighted by Gasteiger charge is -2.09. The van der Waals surface area contributed by atoms with E-state index in [9.17, 15) is 9.59 Å². The van der Waals surface area contributed by atoms with Gasteiger partial charge in [-0.05, 0) is 55.8 Å². The zero-order valence-corrected chi connectivity index (χ0v) is 13.1. The lowest BCUT2D eigenvalue weighted by atomic mass is 10.1. The Morgan fingerprint density at radius 3 is 2.41 bits per heavy atom. The molecule has 0 saturated heterocycles. The van der Waals surface area contributed by atoms with Crippen LogP contribution >= 0.6 is 11.6 Å². The number of ether oxygens (including phenoxy) is 1. The highest BCUT2D eigenvalue weighted by atomic mass is 35.5. The van der Waals surface area contributed by atoms with Crippen LogP contribution in [0, 0.1) is 6.92 Å². The van der Waals surface area contributed by atoms with Gasteiger partial charge in [0.1, 0.15) is 5.75 Å². The van der Waals surface area contributed by atoms with Crippen LogP contribution in [0.15, 0.2) is 42.5 Å². The Morgan fingerprint density at radius 1 is 1.14 bits per heavy atom. The molecule has 0 atom stereocenters. The molecule has 0 bridgehead atoms. The van der Waals surface area contributed by atoms with E-state index in [0.717, 1.165) is 5.56 Å². The molecule has 0 radical (unpaired) electrons. The Balaban J connectivity index is 1.89. The minimum Gasteiger partial charge on any atom is -0.484 e. The molecule has 2 rings (SSSR count). The number of halogens is 1. The zero-order chi connectivity index (χ0) is 16.1. The van der Waals surface area contributed by atoms with Crippen LogP contribution in [0.5, 0.6) is 5.75 Å². The van der Waals surface area contributed by atoms with E-state index in [1.54, 1.807) is 36.4 Å². The Labute approximate surface area is 134 Å². The Hall–Kier alpha value is -2.33. The van der Waals surface area contributed by atoms with Crippen LogP contribution < -0.4 is 10.1 Å². The Bertz CT molecular complexity index is 696. The third kappa shape index (κ3) is 4.33. The van der Waals surface area contributed by atoms with E-state index in [1.165, 1.54) is 6.92 Å². The smallest absolute Gasteiger partial charge is 0.262 e. The van der Waals surface area contributed by atoms with Crippen molar-refractivity contribution in [3.63, 3.8) is 0 Å². The number of anilines is 1. The molecule has 22 heavy (non-hydrogen) atoms. The minimum atomic E-state index is -0.282. The Kier molecular flexibility index (Phi) is 5.17. The predicted molar refractivity (Wildman–Crippen MR) is 86.8 cm³/mol. The first-order valence-corrected chi connectivity index (χ1v) is 7.13. The fraction of sp³-hybridized carbons (Fsp3) is 0.176. The van der Waals surface area contributed by atoms with E-state index >= 15 is 0 Å². The normalized spacial score (nSPS) is 10.1. The highest BCUT2D eigenvalue weighted by molar-refractivity contribution is 6.31. The minimum absolute atomic E-state index is 0.0134. The summed E-state index contributed by atoms with van der Waals surface area (Å²) in [6.45, 7) is 3.27. The van der Waals surface area contributed by atoms with Gasteiger partial charge >= 0.3 is 0 Å². The number of carbonyl (C=O) groups excluding carboxylic acids is 2. The van der Waals surface area contributed by atoms with Gasteiger partial charge in [0.15, 0.2) is 12.4 Å². The number of rotatable bonds is 5. The third-order valence-electron chi connectivity index (χ3n) is 3.09. The molecule has 0 aliphatic heterocycles. The lowest BCUT2D eigenvalue weighted by molar-refractivity contribution is -0.118. The van der Waals surface area contributed by atoms with E-state index in [-0.39, 0.29) is 18.3 Å². The molecule has 0 saturated carbocycles. The second kappa shape index (κ2) is 7.09. The van der Waals surface area contributed by atoms with Gasteiger partial charge in [-0.2, -0.15) is 0 Å². The summed E-state index contributed by atoms with van der Waals surface area (Å²) < 4.78 is 5.37. The molecular formula is C17H16ClNO3. The zero-order valence-electron chi connectivity index (χ0n) is 12.4. The maximum absolute atomic E-state index is 11.8. The molecule has 1 amide bonds. The van der Waals surface area contributed by atoms with Crippen molar-refractivity contribution >= 4 is 29.0 Å². The molecule has 0 fully saturated rings. The summed E-state index contributed by atoms with van der Waals surface area (Å²) in [6, 6.07) is 11.9. The van der Waals surface area contributed by atoms with Gasteiger partial charge in [-0.3, -0.25) is 9.59 Å². The lowest BCUT2D eigenvalue weighted by Crippen LogP contribution is -2.20. The molecule has 0 heterocycles. The van der Waals surface area contributed by atoms with Gasteiger partial charge in [0.2, 0.25) is 0 Å². The number of Topliss-reactive ketones (excluding diaryl/α,β-unsaturated/α-hetero) is 1. The molecule has 0 aliphatic carbocycles. The van der Waals surface area contributed by atoms with Crippen LogP contribution in [0.3, 0.4) is 0 Å². The first kappa shape index (κ1) is 16.0. The summed E-state index contributed by atoms with van der Waals surface area (Å²) in [5.41, 5.74) is 2.17. The maximum atomic E-state index is 11.8. The van der Waals surface area contributed by atoms with Gasteiger partial charge in [-0.15, -0.1) is 0 Å². The van der Waals surface area contributed by atoms with Gasteiger partial charge in [-0.1, -0.05) is 17.7 Å². The number of nitrogens with one attached hydrogen (secondary N) is 1. The van der Waals surface area contributed by atoms with Crippen molar-refractivity contribution in [2.45, 2.75) is 13.8 Å². The SMILES string of the molecule is CC(=O)c1ccc(OCC(=O)Nc2ccc(C)c(Cl)c2)cc1. The maximum Gasteiger partial charge on any atom is 0.262 e. The summed E-state index contributed by atoms with van der Waals surface area (Å²) in [5, 5.41) is 3.30. The van der Waals surface area contributed by atoms with E-state index in [4.69, 9.17) is 16.3 Å². The fourth-order valence-electron chi connectivity index (χ4n) is 1.80. The van der Waals surface area contributed by atoms with Gasteiger partial charge in [0.05, 0.1) is 0 Å². The molecule has 0 unspecified atom stereocenters. The number of benzene rings is 2. The summed E-state index contributed by atoms with van der Waals surface area (Å²) in [5.74, 6) is 0.234. The monoisotopic (exact) mass is 317 g/mol. The van der Waals surface area contributed by atoms with Gasteiger partial charge in [0.25, 0.3) is 5.91 Å². The third-order valence-corrected chi connectivity index (χ3v) is 3.49. The molecule has 5 heteroatoms. The number of hydrogen-bond donors (Lipinski definition) is 1. The molecule has 1 N–H and O–H groups in total. The van der Waals surface area contributed by atoms with Crippen LogP contribution in [-0.4, -0.2) is 18.3 Å². The summed E-state index contributed by atoms with van der Waals surface area (Å²) in [4.78, 5) is 23.0. The predicted octanol–water partition coefficient (Wildman–Crippen LogP) is 3.87. The van der Waals surface area contributed by atoms with Crippen LogP contribution in [-0.2, 0) is 4.79 Å². The molecular weight excluding hydrogens is 302 g/mol. The van der Waals surface area contributed by atoms with E-state index < -0.39 is 0 Å². The molecule has 0 aromatic heterocycles. The standard InChI is InChI=1S/C17H16ClNO3/c1-11-3-6-14(9-16(11)18)19-17(21)10-22-15-7-4-13(5-8-15)12(2)20/h3-9H,10H2,1-2H3,(H,19,21). The van der Waals surface area contributed by atoms with Gasteiger partial charge in [0, 0.05) is 16.3 Å². The van der Waals surface area contributed by atoms with Crippen LogP contribution in [0.25, 0.3) is 0 Å². The average Bonchev–Trinajstić information content (AvgIpc) is 2.49. The molecule has 2 aromatic carbocycles. The van der Waals surface area contributed by atoms with Crippen molar-refractivity contribution in [3.05, 3.63) is 58.6 Å². The van der Waals surface area contributed by atoms with E-state index in [1.807, 2.05) is 13.0 Å². The highest BCUT2D eigenvalue weighted by Crippen LogP contribution is 2.20. The fourth-order valence-corrected chi connectivity index (χ4v) is 1.98. The van der Waals surface area contributed by atoms with E-state index in [2.05, 4.69) is 5.32 Å². The van der Waals surface area contributed by atoms with Crippen LogP contribution in [0.2, 0.25) is 5.02 Å². The Morgan fingerprint density at radius 2 is 1.82 bits per heavy atom. The largest absolute Gasteiger partial charge is 0.484 e. The van der Waals surface area contributed by atoms with Gasteiger partial charge < -0.3 is 10.1 Å². The summed E-state index contributed by atoms with van der Waals surface area (Å²) in [6.07, 6.45) is 0.